The van der Waals surface area contributed by atoms with Gasteiger partial charge in [-0.05, 0) is 47.6 Å². The maximum atomic E-state index is 6.29. The van der Waals surface area contributed by atoms with Crippen molar-refractivity contribution in [2.75, 3.05) is 5.73 Å². The van der Waals surface area contributed by atoms with E-state index in [0.717, 1.165) is 31.6 Å². The lowest BCUT2D eigenvalue weighted by Gasteiger charge is -2.36. The van der Waals surface area contributed by atoms with Crippen LogP contribution in [-0.4, -0.2) is 10.9 Å². The van der Waals surface area contributed by atoms with Crippen molar-refractivity contribution in [2.45, 2.75) is 38.4 Å². The molecule has 0 saturated carbocycles. The first-order chi connectivity index (χ1) is 12.8. The first-order valence-electron chi connectivity index (χ1n) is 9.48. The lowest BCUT2D eigenvalue weighted by molar-refractivity contribution is 0.162. The fraction of sp³-hybridized carbons (Fsp3) is 0.250. The minimum absolute atomic E-state index is 0.521. The van der Waals surface area contributed by atoms with Gasteiger partial charge in [0.1, 0.15) is 0 Å². The molecule has 3 aromatic carbocycles. The van der Waals surface area contributed by atoms with E-state index in [-0.39, 0.29) is 0 Å². The van der Waals surface area contributed by atoms with E-state index in [1.807, 2.05) is 6.07 Å². The third-order valence-corrected chi connectivity index (χ3v) is 5.47. The highest BCUT2D eigenvalue weighted by Crippen LogP contribution is 2.30. The van der Waals surface area contributed by atoms with E-state index in [4.69, 9.17) is 5.73 Å². The Balaban J connectivity index is 1.59. The van der Waals surface area contributed by atoms with Gasteiger partial charge < -0.3 is 5.73 Å². The molecule has 4 rings (SSSR count). The summed E-state index contributed by atoms with van der Waals surface area (Å²) in [6.45, 7) is 1.95. The second-order valence-corrected chi connectivity index (χ2v) is 7.26. The number of benzene rings is 3. The van der Waals surface area contributed by atoms with Crippen LogP contribution in [0.2, 0.25) is 0 Å². The van der Waals surface area contributed by atoms with Gasteiger partial charge in [-0.3, -0.25) is 4.90 Å². The summed E-state index contributed by atoms with van der Waals surface area (Å²) in [5, 5.41) is 0. The van der Waals surface area contributed by atoms with Crippen molar-refractivity contribution in [3.8, 4) is 0 Å². The number of aryl methyl sites for hydroxylation is 1. The molecule has 0 heterocycles. The fourth-order valence-corrected chi connectivity index (χ4v) is 4.06. The van der Waals surface area contributed by atoms with Crippen LogP contribution in [0.25, 0.3) is 0 Å². The predicted molar refractivity (Wildman–Crippen MR) is 109 cm³/mol. The highest BCUT2D eigenvalue weighted by atomic mass is 15.2. The van der Waals surface area contributed by atoms with Gasteiger partial charge in [0.05, 0.1) is 0 Å². The van der Waals surface area contributed by atoms with Crippen molar-refractivity contribution < 1.29 is 0 Å². The van der Waals surface area contributed by atoms with Crippen LogP contribution in [-0.2, 0) is 25.9 Å². The number of nitrogens with two attached hydrogens (primary N) is 1. The van der Waals surface area contributed by atoms with Crippen LogP contribution in [0.5, 0.6) is 0 Å². The van der Waals surface area contributed by atoms with Crippen LogP contribution in [0.3, 0.4) is 0 Å². The molecule has 0 spiro atoms. The van der Waals surface area contributed by atoms with Gasteiger partial charge in [-0.1, -0.05) is 72.8 Å². The summed E-state index contributed by atoms with van der Waals surface area (Å²) in [5.74, 6) is 0. The monoisotopic (exact) mass is 342 g/mol. The molecule has 1 aliphatic carbocycles. The molecule has 26 heavy (non-hydrogen) atoms. The SMILES string of the molecule is Nc1cccc2c1C[C@@H](N(Cc1ccccc1)Cc1ccccc1)CC2. The maximum Gasteiger partial charge on any atom is 0.0349 e. The van der Waals surface area contributed by atoms with E-state index < -0.39 is 0 Å². The van der Waals surface area contributed by atoms with Gasteiger partial charge in [-0.2, -0.15) is 0 Å². The number of nitrogen functional groups attached to an aromatic ring is 1. The van der Waals surface area contributed by atoms with Crippen molar-refractivity contribution in [1.29, 1.82) is 0 Å². The highest BCUT2D eigenvalue weighted by Gasteiger charge is 2.25. The number of rotatable bonds is 5. The Morgan fingerprint density at radius 2 is 1.38 bits per heavy atom. The van der Waals surface area contributed by atoms with E-state index in [2.05, 4.69) is 77.7 Å². The second kappa shape index (κ2) is 7.76. The van der Waals surface area contributed by atoms with E-state index >= 15 is 0 Å². The fourth-order valence-electron chi connectivity index (χ4n) is 4.06. The minimum Gasteiger partial charge on any atom is -0.398 e. The van der Waals surface area contributed by atoms with Crippen molar-refractivity contribution in [1.82, 2.24) is 4.90 Å². The van der Waals surface area contributed by atoms with Gasteiger partial charge in [-0.15, -0.1) is 0 Å². The molecule has 0 aliphatic heterocycles. The van der Waals surface area contributed by atoms with Crippen LogP contribution in [0.15, 0.2) is 78.9 Å². The Bertz CT molecular complexity index is 801. The molecule has 1 aliphatic rings. The summed E-state index contributed by atoms with van der Waals surface area (Å²) in [6.07, 6.45) is 3.35. The van der Waals surface area contributed by atoms with Gasteiger partial charge in [-0.25, -0.2) is 0 Å². The zero-order valence-electron chi connectivity index (χ0n) is 15.1. The molecule has 3 aromatic rings. The van der Waals surface area contributed by atoms with Crippen LogP contribution in [0.4, 0.5) is 5.69 Å². The number of anilines is 1. The van der Waals surface area contributed by atoms with E-state index in [0.29, 0.717) is 6.04 Å². The first kappa shape index (κ1) is 16.9. The molecule has 132 valence electrons. The molecule has 0 amide bonds. The average Bonchev–Trinajstić information content (AvgIpc) is 2.69. The highest BCUT2D eigenvalue weighted by molar-refractivity contribution is 5.52. The Hall–Kier alpha value is -2.58. The lowest BCUT2D eigenvalue weighted by Crippen LogP contribution is -2.38. The lowest BCUT2D eigenvalue weighted by atomic mass is 9.86. The molecule has 0 aromatic heterocycles. The van der Waals surface area contributed by atoms with Gasteiger partial charge in [0.15, 0.2) is 0 Å². The van der Waals surface area contributed by atoms with Crippen LogP contribution in [0, 0.1) is 0 Å². The molecule has 2 heteroatoms. The van der Waals surface area contributed by atoms with Gasteiger partial charge in [0.25, 0.3) is 0 Å². The summed E-state index contributed by atoms with van der Waals surface area (Å²) in [4.78, 5) is 2.63. The average molecular weight is 342 g/mol. The Morgan fingerprint density at radius 1 is 0.769 bits per heavy atom. The van der Waals surface area contributed by atoms with Crippen molar-refractivity contribution >= 4 is 5.69 Å². The zero-order valence-corrected chi connectivity index (χ0v) is 15.1. The molecule has 0 saturated heterocycles. The van der Waals surface area contributed by atoms with Crippen molar-refractivity contribution in [3.05, 3.63) is 101 Å². The summed E-state index contributed by atoms with van der Waals surface area (Å²) in [6, 6.07) is 28.5. The number of nitrogens with zero attached hydrogens (tertiary/aromatic N) is 1. The molecular formula is C24H26N2. The minimum atomic E-state index is 0.521. The van der Waals surface area contributed by atoms with Crippen molar-refractivity contribution in [3.63, 3.8) is 0 Å². The Kier molecular flexibility index (Phi) is 5.03. The van der Waals surface area contributed by atoms with Crippen molar-refractivity contribution in [2.24, 2.45) is 0 Å². The molecule has 2 N–H and O–H groups in total. The number of hydrogen-bond donors (Lipinski definition) is 1. The van der Waals surface area contributed by atoms with Crippen LogP contribution < -0.4 is 5.73 Å². The maximum absolute atomic E-state index is 6.29. The van der Waals surface area contributed by atoms with Crippen LogP contribution in [0.1, 0.15) is 28.7 Å². The Labute approximate surface area is 156 Å². The first-order valence-corrected chi connectivity index (χ1v) is 9.48. The summed E-state index contributed by atoms with van der Waals surface area (Å²) >= 11 is 0. The molecule has 1 atom stereocenters. The quantitative estimate of drug-likeness (QED) is 0.673. The summed E-state index contributed by atoms with van der Waals surface area (Å²) in [5.41, 5.74) is 12.8. The van der Waals surface area contributed by atoms with Gasteiger partial charge in [0, 0.05) is 24.8 Å². The third kappa shape index (κ3) is 3.81. The summed E-state index contributed by atoms with van der Waals surface area (Å²) < 4.78 is 0. The normalized spacial score (nSPS) is 16.4. The van der Waals surface area contributed by atoms with Gasteiger partial charge >= 0.3 is 0 Å². The number of fused-ring (bicyclic) bond motifs is 1. The zero-order chi connectivity index (χ0) is 17.8. The summed E-state index contributed by atoms with van der Waals surface area (Å²) in [7, 11) is 0. The molecule has 0 unspecified atom stereocenters. The Morgan fingerprint density at radius 3 is 2.00 bits per heavy atom. The van der Waals surface area contributed by atoms with Crippen LogP contribution >= 0.6 is 0 Å². The number of hydrogen-bond acceptors (Lipinski definition) is 2. The molecular weight excluding hydrogens is 316 g/mol. The largest absolute Gasteiger partial charge is 0.398 e. The smallest absolute Gasteiger partial charge is 0.0349 e. The van der Waals surface area contributed by atoms with E-state index in [1.165, 1.54) is 28.7 Å². The van der Waals surface area contributed by atoms with E-state index in [1.54, 1.807) is 0 Å². The predicted octanol–water partition coefficient (Wildman–Crippen LogP) is 4.83. The standard InChI is InChI=1S/C24H26N2/c25-24-13-7-12-21-14-15-22(16-23(21)24)26(17-19-8-3-1-4-9-19)18-20-10-5-2-6-11-20/h1-13,22H,14-18,25H2/t22-/m0/s1. The van der Waals surface area contributed by atoms with Gasteiger partial charge in [0.2, 0.25) is 0 Å². The topological polar surface area (TPSA) is 29.3 Å². The molecule has 0 fully saturated rings. The molecule has 0 bridgehead atoms. The molecule has 0 radical (unpaired) electrons. The second-order valence-electron chi connectivity index (χ2n) is 7.26. The molecule has 2 nitrogen and oxygen atoms in total. The van der Waals surface area contributed by atoms with E-state index in [9.17, 15) is 0 Å². The third-order valence-electron chi connectivity index (χ3n) is 5.47.